The van der Waals surface area contributed by atoms with Crippen molar-refractivity contribution in [3.8, 4) is 5.69 Å². The number of carbonyl (C=O) groups is 1. The number of nitrogens with zero attached hydrogens (tertiary/aromatic N) is 2. The van der Waals surface area contributed by atoms with Crippen molar-refractivity contribution < 1.29 is 9.53 Å². The average molecular weight is 259 g/mol. The third-order valence-electron chi connectivity index (χ3n) is 2.94. The van der Waals surface area contributed by atoms with Gasteiger partial charge in [0.1, 0.15) is 0 Å². The van der Waals surface area contributed by atoms with Crippen LogP contribution in [-0.4, -0.2) is 22.9 Å². The monoisotopic (exact) mass is 259 g/mol. The smallest absolute Gasteiger partial charge is 0.340 e. The fourth-order valence-corrected chi connectivity index (χ4v) is 1.82. The van der Waals surface area contributed by atoms with Crippen LogP contribution < -0.4 is 5.73 Å². The molecule has 0 aliphatic carbocycles. The lowest BCUT2D eigenvalue weighted by molar-refractivity contribution is 0.0602. The van der Waals surface area contributed by atoms with Gasteiger partial charge < -0.3 is 10.5 Å². The van der Waals surface area contributed by atoms with Gasteiger partial charge in [0, 0.05) is 6.20 Å². The van der Waals surface area contributed by atoms with Gasteiger partial charge in [-0.05, 0) is 24.1 Å². The van der Waals surface area contributed by atoms with E-state index in [0.29, 0.717) is 22.9 Å². The molecule has 0 spiro atoms. The highest BCUT2D eigenvalue weighted by Gasteiger charge is 2.14. The van der Waals surface area contributed by atoms with E-state index in [1.165, 1.54) is 7.11 Å². The number of anilines is 1. The second-order valence-electron chi connectivity index (χ2n) is 4.57. The van der Waals surface area contributed by atoms with E-state index in [9.17, 15) is 4.79 Å². The molecule has 2 aromatic rings. The molecule has 5 heteroatoms. The molecule has 0 bridgehead atoms. The molecular weight excluding hydrogens is 242 g/mol. The van der Waals surface area contributed by atoms with E-state index >= 15 is 0 Å². The SMILES string of the molecule is COC(=O)c1cccc(-n2ccc(C(C)C)n2)c1N. The Balaban J connectivity index is 2.47. The highest BCUT2D eigenvalue weighted by Crippen LogP contribution is 2.23. The van der Waals surface area contributed by atoms with Crippen LogP contribution in [0.5, 0.6) is 0 Å². The maximum absolute atomic E-state index is 11.6. The maximum Gasteiger partial charge on any atom is 0.340 e. The van der Waals surface area contributed by atoms with E-state index in [2.05, 4.69) is 18.9 Å². The number of aromatic nitrogens is 2. The highest BCUT2D eigenvalue weighted by atomic mass is 16.5. The van der Waals surface area contributed by atoms with E-state index in [1.807, 2.05) is 18.3 Å². The number of carbonyl (C=O) groups excluding carboxylic acids is 1. The van der Waals surface area contributed by atoms with Gasteiger partial charge >= 0.3 is 5.97 Å². The summed E-state index contributed by atoms with van der Waals surface area (Å²) in [6.45, 7) is 4.14. The van der Waals surface area contributed by atoms with Crippen molar-refractivity contribution in [2.75, 3.05) is 12.8 Å². The van der Waals surface area contributed by atoms with Crippen LogP contribution in [-0.2, 0) is 4.74 Å². The molecule has 2 N–H and O–H groups in total. The Morgan fingerprint density at radius 2 is 2.11 bits per heavy atom. The highest BCUT2D eigenvalue weighted by molar-refractivity contribution is 5.97. The predicted octanol–water partition coefficient (Wildman–Crippen LogP) is 2.36. The van der Waals surface area contributed by atoms with E-state index in [1.54, 1.807) is 16.8 Å². The summed E-state index contributed by atoms with van der Waals surface area (Å²) in [7, 11) is 1.33. The van der Waals surface area contributed by atoms with Gasteiger partial charge in [-0.3, -0.25) is 0 Å². The molecule has 100 valence electrons. The fourth-order valence-electron chi connectivity index (χ4n) is 1.82. The first kappa shape index (κ1) is 13.1. The van der Waals surface area contributed by atoms with Crippen LogP contribution >= 0.6 is 0 Å². The summed E-state index contributed by atoms with van der Waals surface area (Å²) < 4.78 is 6.38. The van der Waals surface area contributed by atoms with Crippen LogP contribution in [0.2, 0.25) is 0 Å². The summed E-state index contributed by atoms with van der Waals surface area (Å²) in [5.41, 5.74) is 8.38. The number of nitrogen functional groups attached to an aromatic ring is 1. The Morgan fingerprint density at radius 3 is 2.68 bits per heavy atom. The number of para-hydroxylation sites is 1. The van der Waals surface area contributed by atoms with Crippen LogP contribution in [0.4, 0.5) is 5.69 Å². The zero-order valence-electron chi connectivity index (χ0n) is 11.3. The molecule has 0 aliphatic heterocycles. The second kappa shape index (κ2) is 5.14. The van der Waals surface area contributed by atoms with Gasteiger partial charge in [-0.1, -0.05) is 19.9 Å². The first-order chi connectivity index (χ1) is 9.04. The number of benzene rings is 1. The molecule has 0 fully saturated rings. The van der Waals surface area contributed by atoms with Crippen molar-refractivity contribution in [1.82, 2.24) is 9.78 Å². The molecule has 0 amide bonds. The summed E-state index contributed by atoms with van der Waals surface area (Å²) in [6.07, 6.45) is 1.84. The van der Waals surface area contributed by atoms with Crippen LogP contribution in [0, 0.1) is 0 Å². The summed E-state index contributed by atoms with van der Waals surface area (Å²) in [6, 6.07) is 7.15. The summed E-state index contributed by atoms with van der Waals surface area (Å²) >= 11 is 0. The zero-order valence-corrected chi connectivity index (χ0v) is 11.3. The average Bonchev–Trinajstić information content (AvgIpc) is 2.87. The molecule has 0 radical (unpaired) electrons. The minimum Gasteiger partial charge on any atom is -0.465 e. The first-order valence-electron chi connectivity index (χ1n) is 6.07. The lowest BCUT2D eigenvalue weighted by Gasteiger charge is -2.09. The molecular formula is C14H17N3O2. The van der Waals surface area contributed by atoms with E-state index in [0.717, 1.165) is 5.69 Å². The Bertz CT molecular complexity index is 602. The molecule has 1 aromatic heterocycles. The topological polar surface area (TPSA) is 70.1 Å². The van der Waals surface area contributed by atoms with Crippen molar-refractivity contribution in [3.63, 3.8) is 0 Å². The molecule has 0 atom stereocenters. The minimum atomic E-state index is -0.449. The predicted molar refractivity (Wildman–Crippen MR) is 73.4 cm³/mol. The largest absolute Gasteiger partial charge is 0.465 e. The van der Waals surface area contributed by atoms with Crippen LogP contribution in [0.15, 0.2) is 30.5 Å². The molecule has 2 rings (SSSR count). The first-order valence-corrected chi connectivity index (χ1v) is 6.07. The number of rotatable bonds is 3. The molecule has 5 nitrogen and oxygen atoms in total. The number of nitrogens with two attached hydrogens (primary N) is 1. The quantitative estimate of drug-likeness (QED) is 0.678. The summed E-state index contributed by atoms with van der Waals surface area (Å²) in [5, 5.41) is 4.45. The van der Waals surface area contributed by atoms with Crippen molar-refractivity contribution in [2.45, 2.75) is 19.8 Å². The summed E-state index contributed by atoms with van der Waals surface area (Å²) in [5.74, 6) is -0.109. The summed E-state index contributed by atoms with van der Waals surface area (Å²) in [4.78, 5) is 11.6. The molecule has 0 aliphatic rings. The van der Waals surface area contributed by atoms with Gasteiger partial charge in [-0.25, -0.2) is 9.48 Å². The van der Waals surface area contributed by atoms with Crippen LogP contribution in [0.3, 0.4) is 0 Å². The third kappa shape index (κ3) is 2.45. The van der Waals surface area contributed by atoms with Crippen molar-refractivity contribution in [2.24, 2.45) is 0 Å². The van der Waals surface area contributed by atoms with E-state index in [4.69, 9.17) is 10.5 Å². The van der Waals surface area contributed by atoms with Gasteiger partial charge in [0.05, 0.1) is 29.7 Å². The fraction of sp³-hybridized carbons (Fsp3) is 0.286. The normalized spacial score (nSPS) is 10.7. The van der Waals surface area contributed by atoms with Gasteiger partial charge in [0.2, 0.25) is 0 Å². The van der Waals surface area contributed by atoms with E-state index in [-0.39, 0.29) is 0 Å². The lowest BCUT2D eigenvalue weighted by atomic mass is 10.1. The van der Waals surface area contributed by atoms with Crippen LogP contribution in [0.25, 0.3) is 5.69 Å². The number of hydrogen-bond donors (Lipinski definition) is 1. The molecule has 0 unspecified atom stereocenters. The Labute approximate surface area is 112 Å². The van der Waals surface area contributed by atoms with Crippen molar-refractivity contribution in [3.05, 3.63) is 41.7 Å². The minimum absolute atomic E-state index is 0.339. The lowest BCUT2D eigenvalue weighted by Crippen LogP contribution is -2.09. The standard InChI is InChI=1S/C14H17N3O2/c1-9(2)11-7-8-17(16-11)12-6-4-5-10(13(12)15)14(18)19-3/h4-9H,15H2,1-3H3. The number of hydrogen-bond acceptors (Lipinski definition) is 4. The number of esters is 1. The molecule has 0 saturated carbocycles. The van der Waals surface area contributed by atoms with Crippen LogP contribution in [0.1, 0.15) is 35.8 Å². The molecule has 0 saturated heterocycles. The van der Waals surface area contributed by atoms with E-state index < -0.39 is 5.97 Å². The number of methoxy groups -OCH3 is 1. The Morgan fingerprint density at radius 1 is 1.37 bits per heavy atom. The second-order valence-corrected chi connectivity index (χ2v) is 4.57. The zero-order chi connectivity index (χ0) is 14.0. The number of ether oxygens (including phenoxy) is 1. The Hall–Kier alpha value is -2.30. The van der Waals surface area contributed by atoms with Gasteiger partial charge in [-0.15, -0.1) is 0 Å². The van der Waals surface area contributed by atoms with Gasteiger partial charge in [-0.2, -0.15) is 5.10 Å². The van der Waals surface area contributed by atoms with Crippen molar-refractivity contribution >= 4 is 11.7 Å². The maximum atomic E-state index is 11.6. The van der Waals surface area contributed by atoms with Crippen molar-refractivity contribution in [1.29, 1.82) is 0 Å². The Kier molecular flexibility index (Phi) is 3.55. The molecule has 19 heavy (non-hydrogen) atoms. The third-order valence-corrected chi connectivity index (χ3v) is 2.94. The van der Waals surface area contributed by atoms with Gasteiger partial charge in [0.15, 0.2) is 0 Å². The molecule has 1 heterocycles. The van der Waals surface area contributed by atoms with Gasteiger partial charge in [0.25, 0.3) is 0 Å². The molecule has 1 aromatic carbocycles.